The molecule has 154 valence electrons. The van der Waals surface area contributed by atoms with Crippen LogP contribution in [0.2, 0.25) is 0 Å². The quantitative estimate of drug-likeness (QED) is 0.490. The van der Waals surface area contributed by atoms with Crippen LogP contribution in [0.25, 0.3) is 27.7 Å². The van der Waals surface area contributed by atoms with Gasteiger partial charge in [0.1, 0.15) is 0 Å². The van der Waals surface area contributed by atoms with Gasteiger partial charge in [0.05, 0.1) is 17.6 Å². The van der Waals surface area contributed by atoms with Crippen LogP contribution in [0.3, 0.4) is 0 Å². The largest absolute Gasteiger partial charge is 0.435 e. The summed E-state index contributed by atoms with van der Waals surface area (Å²) in [6.45, 7) is 0. The highest BCUT2D eigenvalue weighted by molar-refractivity contribution is 7.92. The lowest BCUT2D eigenvalue weighted by Gasteiger charge is -2.10. The molecule has 0 unspecified atom stereocenters. The van der Waals surface area contributed by atoms with Gasteiger partial charge in [-0.05, 0) is 47.2 Å². The predicted molar refractivity (Wildman–Crippen MR) is 110 cm³/mol. The molecule has 0 aliphatic rings. The Morgan fingerprint density at radius 1 is 0.900 bits per heavy atom. The zero-order valence-corrected chi connectivity index (χ0v) is 16.5. The van der Waals surface area contributed by atoms with Gasteiger partial charge in [-0.2, -0.15) is 18.3 Å². The summed E-state index contributed by atoms with van der Waals surface area (Å²) in [5, 5.41) is 5.63. The Balaban J connectivity index is 1.83. The summed E-state index contributed by atoms with van der Waals surface area (Å²) in [5.74, 6) is 0. The number of rotatable bonds is 4. The Kier molecular flexibility index (Phi) is 4.77. The van der Waals surface area contributed by atoms with E-state index in [9.17, 15) is 21.6 Å². The lowest BCUT2D eigenvalue weighted by Crippen LogP contribution is -2.10. The number of sulfonamides is 1. The van der Waals surface area contributed by atoms with Crippen molar-refractivity contribution in [2.45, 2.75) is 6.18 Å². The molecular formula is C21H16F3N3O2S. The number of hydrogen-bond donors (Lipinski definition) is 1. The molecule has 1 heterocycles. The van der Waals surface area contributed by atoms with Crippen molar-refractivity contribution in [1.82, 2.24) is 9.78 Å². The van der Waals surface area contributed by atoms with Crippen LogP contribution in [0, 0.1) is 0 Å². The topological polar surface area (TPSA) is 64.0 Å². The highest BCUT2D eigenvalue weighted by atomic mass is 32.2. The summed E-state index contributed by atoms with van der Waals surface area (Å²) in [5.41, 5.74) is 0.514. The van der Waals surface area contributed by atoms with Gasteiger partial charge < -0.3 is 0 Å². The second-order valence-corrected chi connectivity index (χ2v) is 8.56. The molecule has 1 N–H and O–H groups in total. The minimum Gasteiger partial charge on any atom is -0.284 e. The minimum atomic E-state index is -4.60. The molecule has 0 amide bonds. The van der Waals surface area contributed by atoms with Gasteiger partial charge in [0.15, 0.2) is 5.69 Å². The molecule has 1 aromatic heterocycles. The van der Waals surface area contributed by atoms with E-state index in [1.807, 2.05) is 36.4 Å². The molecule has 3 aromatic carbocycles. The van der Waals surface area contributed by atoms with Gasteiger partial charge >= 0.3 is 6.18 Å². The van der Waals surface area contributed by atoms with Gasteiger partial charge in [0.2, 0.25) is 10.0 Å². The van der Waals surface area contributed by atoms with Crippen LogP contribution in [-0.2, 0) is 16.2 Å². The van der Waals surface area contributed by atoms with Crippen molar-refractivity contribution in [2.75, 3.05) is 11.0 Å². The average Bonchev–Trinajstić information content (AvgIpc) is 3.13. The molecule has 4 aromatic rings. The number of aromatic nitrogens is 2. The molecule has 0 spiro atoms. The van der Waals surface area contributed by atoms with Gasteiger partial charge in [0.25, 0.3) is 0 Å². The van der Waals surface area contributed by atoms with Crippen molar-refractivity contribution in [2.24, 2.45) is 0 Å². The van der Waals surface area contributed by atoms with E-state index in [1.165, 1.54) is 28.9 Å². The number of anilines is 1. The zero-order chi connectivity index (χ0) is 21.5. The Morgan fingerprint density at radius 3 is 2.20 bits per heavy atom. The minimum absolute atomic E-state index is 0.275. The third-order valence-electron chi connectivity index (χ3n) is 4.46. The van der Waals surface area contributed by atoms with Crippen molar-refractivity contribution >= 4 is 26.5 Å². The third-order valence-corrected chi connectivity index (χ3v) is 5.07. The standard InChI is InChI=1S/C21H16F3N3O2S/c1-30(28,29)26-17-8-10-18(11-9-17)27-19(13-20(25-27)21(22,23)24)16-7-6-14-4-2-3-5-15(14)12-16/h2-13,26H,1H3. The molecule has 0 saturated carbocycles. The summed E-state index contributed by atoms with van der Waals surface area (Å²) in [6.07, 6.45) is -3.59. The number of benzene rings is 3. The molecule has 9 heteroatoms. The molecule has 0 aliphatic heterocycles. The van der Waals surface area contributed by atoms with E-state index in [1.54, 1.807) is 6.07 Å². The first kappa shape index (κ1) is 20.0. The first-order valence-corrected chi connectivity index (χ1v) is 10.7. The van der Waals surface area contributed by atoms with Crippen molar-refractivity contribution in [1.29, 1.82) is 0 Å². The Labute approximate surface area is 170 Å². The van der Waals surface area contributed by atoms with E-state index < -0.39 is 21.9 Å². The fourth-order valence-corrected chi connectivity index (χ4v) is 3.72. The molecule has 0 saturated heterocycles. The Morgan fingerprint density at radius 2 is 1.57 bits per heavy atom. The summed E-state index contributed by atoms with van der Waals surface area (Å²) in [7, 11) is -3.46. The average molecular weight is 431 g/mol. The maximum Gasteiger partial charge on any atom is 0.435 e. The van der Waals surface area contributed by atoms with E-state index in [0.29, 0.717) is 16.9 Å². The van der Waals surface area contributed by atoms with Crippen LogP contribution in [0.1, 0.15) is 5.69 Å². The van der Waals surface area contributed by atoms with Crippen molar-refractivity contribution < 1.29 is 21.6 Å². The molecular weight excluding hydrogens is 415 g/mol. The van der Waals surface area contributed by atoms with E-state index in [-0.39, 0.29) is 5.69 Å². The van der Waals surface area contributed by atoms with Gasteiger partial charge in [0, 0.05) is 11.3 Å². The maximum absolute atomic E-state index is 13.4. The van der Waals surface area contributed by atoms with Gasteiger partial charge in [-0.25, -0.2) is 13.1 Å². The fourth-order valence-electron chi connectivity index (χ4n) is 3.16. The Hall–Kier alpha value is -3.33. The highest BCUT2D eigenvalue weighted by Gasteiger charge is 2.35. The van der Waals surface area contributed by atoms with E-state index in [0.717, 1.165) is 23.1 Å². The molecule has 0 fully saturated rings. The molecule has 0 aliphatic carbocycles. The molecule has 0 atom stereocenters. The number of nitrogens with zero attached hydrogens (tertiary/aromatic N) is 2. The lowest BCUT2D eigenvalue weighted by molar-refractivity contribution is -0.141. The van der Waals surface area contributed by atoms with E-state index >= 15 is 0 Å². The van der Waals surface area contributed by atoms with Crippen LogP contribution in [0.15, 0.2) is 72.8 Å². The summed E-state index contributed by atoms with van der Waals surface area (Å²) in [6, 6.07) is 19.9. The molecule has 30 heavy (non-hydrogen) atoms. The lowest BCUT2D eigenvalue weighted by atomic mass is 10.0. The first-order chi connectivity index (χ1) is 14.1. The van der Waals surface area contributed by atoms with Gasteiger partial charge in [-0.15, -0.1) is 0 Å². The monoisotopic (exact) mass is 431 g/mol. The molecule has 4 rings (SSSR count). The number of alkyl halides is 3. The summed E-state index contributed by atoms with van der Waals surface area (Å²) >= 11 is 0. The molecule has 0 bridgehead atoms. The maximum atomic E-state index is 13.4. The fraction of sp³-hybridized carbons (Fsp3) is 0.0952. The molecule has 5 nitrogen and oxygen atoms in total. The van der Waals surface area contributed by atoms with Crippen LogP contribution in [0.4, 0.5) is 18.9 Å². The van der Waals surface area contributed by atoms with Crippen LogP contribution >= 0.6 is 0 Å². The summed E-state index contributed by atoms with van der Waals surface area (Å²) in [4.78, 5) is 0. The van der Waals surface area contributed by atoms with Gasteiger partial charge in [-0.1, -0.05) is 36.4 Å². The van der Waals surface area contributed by atoms with Crippen molar-refractivity contribution in [3.63, 3.8) is 0 Å². The molecule has 0 radical (unpaired) electrons. The number of hydrogen-bond acceptors (Lipinski definition) is 3. The predicted octanol–water partition coefficient (Wildman–Crippen LogP) is 5.08. The van der Waals surface area contributed by atoms with Crippen LogP contribution < -0.4 is 4.72 Å². The Bertz CT molecular complexity index is 1330. The zero-order valence-electron chi connectivity index (χ0n) is 15.7. The van der Waals surface area contributed by atoms with Crippen LogP contribution in [-0.4, -0.2) is 24.5 Å². The third kappa shape index (κ3) is 4.16. The SMILES string of the molecule is CS(=O)(=O)Nc1ccc(-n2nc(C(F)(F)F)cc2-c2ccc3ccccc3c2)cc1. The number of fused-ring (bicyclic) bond motifs is 1. The van der Waals surface area contributed by atoms with E-state index in [4.69, 9.17) is 0 Å². The van der Waals surface area contributed by atoms with Crippen molar-refractivity contribution in [3.05, 3.63) is 78.5 Å². The van der Waals surface area contributed by atoms with Crippen molar-refractivity contribution in [3.8, 4) is 16.9 Å². The normalized spacial score (nSPS) is 12.3. The van der Waals surface area contributed by atoms with Gasteiger partial charge in [-0.3, -0.25) is 4.72 Å². The number of halogens is 3. The van der Waals surface area contributed by atoms with E-state index in [2.05, 4.69) is 9.82 Å². The highest BCUT2D eigenvalue weighted by Crippen LogP contribution is 2.34. The first-order valence-electron chi connectivity index (χ1n) is 8.85. The van der Waals surface area contributed by atoms with Crippen LogP contribution in [0.5, 0.6) is 0 Å². The smallest absolute Gasteiger partial charge is 0.284 e. The second-order valence-electron chi connectivity index (χ2n) is 6.81. The summed E-state index contributed by atoms with van der Waals surface area (Å²) < 4.78 is 66.3. The second kappa shape index (κ2) is 7.17. The number of nitrogens with one attached hydrogen (secondary N) is 1.